The third kappa shape index (κ3) is 16.4. The van der Waals surface area contributed by atoms with Crippen LogP contribution in [0.4, 0.5) is 0 Å². The van der Waals surface area contributed by atoms with Crippen LogP contribution in [0, 0.1) is 5.41 Å². The molecular formula is C32H58N2O6. The van der Waals surface area contributed by atoms with Crippen molar-refractivity contribution in [1.29, 1.82) is 0 Å². The Balaban J connectivity index is 2.03. The van der Waals surface area contributed by atoms with E-state index in [1.807, 2.05) is 4.90 Å². The summed E-state index contributed by atoms with van der Waals surface area (Å²) in [4.78, 5) is 38.5. The smallest absolute Gasteiger partial charge is 0.307 e. The van der Waals surface area contributed by atoms with Crippen molar-refractivity contribution in [2.75, 3.05) is 26.2 Å². The summed E-state index contributed by atoms with van der Waals surface area (Å²) in [5.74, 6) is -0.839. The lowest BCUT2D eigenvalue weighted by molar-refractivity contribution is -0.152. The molecular weight excluding hydrogens is 508 g/mol. The Labute approximate surface area is 243 Å². The second-order valence-corrected chi connectivity index (χ2v) is 12.0. The Morgan fingerprint density at radius 3 is 2.02 bits per heavy atom. The minimum atomic E-state index is -1.36. The van der Waals surface area contributed by atoms with Gasteiger partial charge in [0.05, 0.1) is 13.0 Å². The number of unbranched alkanes of at least 4 members (excludes halogenated alkanes) is 11. The van der Waals surface area contributed by atoms with Crippen molar-refractivity contribution in [1.82, 2.24) is 10.2 Å². The van der Waals surface area contributed by atoms with E-state index >= 15 is 0 Å². The molecule has 1 aliphatic rings. The Morgan fingerprint density at radius 1 is 0.900 bits per heavy atom. The highest BCUT2D eigenvalue weighted by Gasteiger charge is 2.33. The van der Waals surface area contributed by atoms with Crippen LogP contribution in [0.1, 0.15) is 130 Å². The van der Waals surface area contributed by atoms with Gasteiger partial charge in [0.15, 0.2) is 0 Å². The Hall–Kier alpha value is -1.93. The van der Waals surface area contributed by atoms with Crippen LogP contribution in [0.25, 0.3) is 0 Å². The standard InChI is InChI=1S/C32H58N2O6/c1-4-5-6-7-8-9-10-11-12-13-14-15-16-17-18-19-28(36)34-24-21-27(22-25-34)40-29(37)20-23-33-31(39)30(38)32(2,3)26-35/h11-12,27,30,35,38H,4-10,13-26H2,1-3H3,(H,33,39)/b12-11-. The first kappa shape index (κ1) is 36.1. The number of nitrogens with one attached hydrogen (secondary N) is 1. The summed E-state index contributed by atoms with van der Waals surface area (Å²) in [7, 11) is 0. The third-order valence-electron chi connectivity index (χ3n) is 7.77. The van der Waals surface area contributed by atoms with Gasteiger partial charge in [-0.2, -0.15) is 0 Å². The largest absolute Gasteiger partial charge is 0.462 e. The molecule has 0 aromatic heterocycles. The zero-order valence-corrected chi connectivity index (χ0v) is 25.6. The van der Waals surface area contributed by atoms with Gasteiger partial charge in [-0.25, -0.2) is 0 Å². The molecule has 1 atom stereocenters. The summed E-state index contributed by atoms with van der Waals surface area (Å²) in [6.45, 7) is 6.35. The van der Waals surface area contributed by atoms with Gasteiger partial charge in [-0.15, -0.1) is 0 Å². The predicted octanol–water partition coefficient (Wildman–Crippen LogP) is 5.44. The molecule has 0 bridgehead atoms. The molecule has 8 heteroatoms. The van der Waals surface area contributed by atoms with Crippen molar-refractivity contribution in [2.24, 2.45) is 5.41 Å². The van der Waals surface area contributed by atoms with E-state index < -0.39 is 23.4 Å². The molecule has 1 heterocycles. The number of likely N-dealkylation sites (tertiary alicyclic amines) is 1. The highest BCUT2D eigenvalue weighted by atomic mass is 16.5. The van der Waals surface area contributed by atoms with Crippen LogP contribution >= 0.6 is 0 Å². The number of hydrogen-bond donors (Lipinski definition) is 3. The fraction of sp³-hybridized carbons (Fsp3) is 0.844. The van der Waals surface area contributed by atoms with Crippen molar-refractivity contribution < 1.29 is 29.3 Å². The average molecular weight is 567 g/mol. The zero-order valence-electron chi connectivity index (χ0n) is 25.6. The Kier molecular flexibility index (Phi) is 19.6. The number of allylic oxidation sites excluding steroid dienone is 2. The predicted molar refractivity (Wildman–Crippen MR) is 160 cm³/mol. The van der Waals surface area contributed by atoms with Gasteiger partial charge in [0.1, 0.15) is 12.2 Å². The Bertz CT molecular complexity index is 731. The summed E-state index contributed by atoms with van der Waals surface area (Å²) >= 11 is 0. The zero-order chi connectivity index (χ0) is 29.6. The van der Waals surface area contributed by atoms with Crippen molar-refractivity contribution in [3.05, 3.63) is 12.2 Å². The number of hydrogen-bond acceptors (Lipinski definition) is 6. The number of ether oxygens (including phenoxy) is 1. The number of aliphatic hydroxyl groups is 2. The summed E-state index contributed by atoms with van der Waals surface area (Å²) in [5, 5.41) is 21.8. The second kappa shape index (κ2) is 21.8. The van der Waals surface area contributed by atoms with E-state index in [0.29, 0.717) is 32.4 Å². The van der Waals surface area contributed by atoms with Crippen molar-refractivity contribution >= 4 is 17.8 Å². The molecule has 0 aromatic carbocycles. The van der Waals surface area contributed by atoms with E-state index in [4.69, 9.17) is 4.74 Å². The topological polar surface area (TPSA) is 116 Å². The SMILES string of the molecule is CCCCCCCC/C=C\CCCCCCCC(=O)N1CCC(OC(=O)CCNC(=O)C(O)C(C)(C)CO)CC1. The lowest BCUT2D eigenvalue weighted by Crippen LogP contribution is -2.46. The van der Waals surface area contributed by atoms with Crippen molar-refractivity contribution in [3.63, 3.8) is 0 Å². The van der Waals surface area contributed by atoms with Gasteiger partial charge in [-0.1, -0.05) is 84.3 Å². The van der Waals surface area contributed by atoms with Crippen LogP contribution in [0.5, 0.6) is 0 Å². The lowest BCUT2D eigenvalue weighted by Gasteiger charge is -2.32. The summed E-state index contributed by atoms with van der Waals surface area (Å²) in [6.07, 6.45) is 21.1. The number of carbonyl (C=O) groups excluding carboxylic acids is 3. The number of rotatable bonds is 22. The van der Waals surface area contributed by atoms with E-state index in [1.54, 1.807) is 13.8 Å². The van der Waals surface area contributed by atoms with Gasteiger partial charge >= 0.3 is 5.97 Å². The first-order valence-electron chi connectivity index (χ1n) is 15.9. The number of aliphatic hydroxyl groups excluding tert-OH is 2. The van der Waals surface area contributed by atoms with E-state index in [2.05, 4.69) is 24.4 Å². The highest BCUT2D eigenvalue weighted by Crippen LogP contribution is 2.20. The Morgan fingerprint density at radius 2 is 1.45 bits per heavy atom. The minimum absolute atomic E-state index is 0.00659. The van der Waals surface area contributed by atoms with Gasteiger partial charge in [0, 0.05) is 44.3 Å². The molecule has 0 radical (unpaired) electrons. The molecule has 1 fully saturated rings. The maximum atomic E-state index is 12.5. The highest BCUT2D eigenvalue weighted by molar-refractivity contribution is 5.82. The van der Waals surface area contributed by atoms with Crippen LogP contribution in [0.3, 0.4) is 0 Å². The molecule has 3 N–H and O–H groups in total. The maximum absolute atomic E-state index is 12.5. The molecule has 8 nitrogen and oxygen atoms in total. The van der Waals surface area contributed by atoms with Crippen LogP contribution in [0.2, 0.25) is 0 Å². The molecule has 1 saturated heterocycles. The van der Waals surface area contributed by atoms with Gasteiger partial charge in [-0.05, 0) is 32.1 Å². The maximum Gasteiger partial charge on any atom is 0.307 e. The number of nitrogens with zero attached hydrogens (tertiary/aromatic N) is 1. The number of piperidine rings is 1. The molecule has 232 valence electrons. The molecule has 0 aliphatic carbocycles. The first-order valence-corrected chi connectivity index (χ1v) is 15.9. The average Bonchev–Trinajstić information content (AvgIpc) is 2.94. The molecule has 0 spiro atoms. The third-order valence-corrected chi connectivity index (χ3v) is 7.77. The van der Waals surface area contributed by atoms with Crippen molar-refractivity contribution in [3.8, 4) is 0 Å². The first-order chi connectivity index (χ1) is 19.2. The summed E-state index contributed by atoms with van der Waals surface area (Å²) in [5.41, 5.74) is -0.958. The number of esters is 1. The fourth-order valence-corrected chi connectivity index (χ4v) is 4.80. The summed E-state index contributed by atoms with van der Waals surface area (Å²) < 4.78 is 5.51. The van der Waals surface area contributed by atoms with Gasteiger partial charge in [0.25, 0.3) is 0 Å². The molecule has 0 aromatic rings. The van der Waals surface area contributed by atoms with E-state index in [9.17, 15) is 24.6 Å². The molecule has 1 unspecified atom stereocenters. The number of amides is 2. The molecule has 1 aliphatic heterocycles. The van der Waals surface area contributed by atoms with Crippen molar-refractivity contribution in [2.45, 2.75) is 142 Å². The van der Waals surface area contributed by atoms with Gasteiger partial charge in [-0.3, -0.25) is 14.4 Å². The van der Waals surface area contributed by atoms with Crippen LogP contribution in [-0.2, 0) is 19.1 Å². The lowest BCUT2D eigenvalue weighted by atomic mass is 9.87. The van der Waals surface area contributed by atoms with E-state index in [1.165, 1.54) is 64.2 Å². The summed E-state index contributed by atoms with van der Waals surface area (Å²) in [6, 6.07) is 0. The fourth-order valence-electron chi connectivity index (χ4n) is 4.80. The quantitative estimate of drug-likeness (QED) is 0.0912. The van der Waals surface area contributed by atoms with Crippen LogP contribution in [-0.4, -0.2) is 71.3 Å². The molecule has 40 heavy (non-hydrogen) atoms. The second-order valence-electron chi connectivity index (χ2n) is 12.0. The molecule has 2 amide bonds. The molecule has 1 rings (SSSR count). The van der Waals surface area contributed by atoms with Gasteiger partial charge < -0.3 is 25.2 Å². The van der Waals surface area contributed by atoms with Crippen LogP contribution in [0.15, 0.2) is 12.2 Å². The number of carbonyl (C=O) groups is 3. The van der Waals surface area contributed by atoms with Gasteiger partial charge in [0.2, 0.25) is 11.8 Å². The van der Waals surface area contributed by atoms with E-state index in [-0.39, 0.29) is 31.6 Å². The monoisotopic (exact) mass is 566 g/mol. The minimum Gasteiger partial charge on any atom is -0.462 e. The normalized spacial score (nSPS) is 15.4. The van der Waals surface area contributed by atoms with Crippen LogP contribution < -0.4 is 5.32 Å². The molecule has 0 saturated carbocycles. The van der Waals surface area contributed by atoms with E-state index in [0.717, 1.165) is 19.3 Å².